The molecule has 3 nitrogen and oxygen atoms in total. The molecule has 1 heterocycles. The molecular formula is C13H16FNO2S. The highest BCUT2D eigenvalue weighted by atomic mass is 32.2. The number of likely N-dealkylation sites (tertiary alicyclic amines) is 1. The molecule has 1 aromatic carbocycles. The van der Waals surface area contributed by atoms with Crippen molar-refractivity contribution in [3.8, 4) is 0 Å². The van der Waals surface area contributed by atoms with Crippen LogP contribution < -0.4 is 0 Å². The lowest BCUT2D eigenvalue weighted by Crippen LogP contribution is -2.63. The highest BCUT2D eigenvalue weighted by Crippen LogP contribution is 2.26. The van der Waals surface area contributed by atoms with E-state index in [0.29, 0.717) is 24.4 Å². The van der Waals surface area contributed by atoms with Gasteiger partial charge in [-0.05, 0) is 18.6 Å². The molecular weight excluding hydrogens is 253 g/mol. The summed E-state index contributed by atoms with van der Waals surface area (Å²) in [6, 6.07) is 6.41. The summed E-state index contributed by atoms with van der Waals surface area (Å²) in [5.74, 6) is -0.147. The molecule has 18 heavy (non-hydrogen) atoms. The molecule has 2 rings (SSSR count). The largest absolute Gasteiger partial charge is 0.386 e. The maximum absolute atomic E-state index is 13.3. The van der Waals surface area contributed by atoms with E-state index >= 15 is 0 Å². The van der Waals surface area contributed by atoms with E-state index in [2.05, 4.69) is 0 Å². The van der Waals surface area contributed by atoms with Crippen LogP contribution in [0.5, 0.6) is 0 Å². The van der Waals surface area contributed by atoms with E-state index in [9.17, 15) is 14.3 Å². The van der Waals surface area contributed by atoms with Crippen LogP contribution in [-0.4, -0.2) is 40.4 Å². The zero-order valence-corrected chi connectivity index (χ0v) is 11.0. The van der Waals surface area contributed by atoms with E-state index in [1.807, 2.05) is 6.92 Å². The minimum Gasteiger partial charge on any atom is -0.386 e. The van der Waals surface area contributed by atoms with Gasteiger partial charge < -0.3 is 10.0 Å². The number of carbonyl (C=O) groups excluding carboxylic acids is 1. The number of thioether (sulfide) groups is 1. The summed E-state index contributed by atoms with van der Waals surface area (Å²) in [6.07, 6.45) is 0.650. The number of rotatable bonds is 4. The SMILES string of the molecule is CCC1(O)CN(C(=O)CSc2ccccc2F)C1. The van der Waals surface area contributed by atoms with Gasteiger partial charge in [0, 0.05) is 4.90 Å². The summed E-state index contributed by atoms with van der Waals surface area (Å²) in [6.45, 7) is 2.68. The molecule has 0 bridgehead atoms. The number of hydrogen-bond acceptors (Lipinski definition) is 3. The number of nitrogens with zero attached hydrogens (tertiary/aromatic N) is 1. The Labute approximate surface area is 110 Å². The summed E-state index contributed by atoms with van der Waals surface area (Å²) < 4.78 is 13.3. The first-order chi connectivity index (χ1) is 8.54. The van der Waals surface area contributed by atoms with Gasteiger partial charge in [0.25, 0.3) is 0 Å². The van der Waals surface area contributed by atoms with Crippen molar-refractivity contribution in [2.45, 2.75) is 23.8 Å². The van der Waals surface area contributed by atoms with Gasteiger partial charge in [0.15, 0.2) is 0 Å². The number of β-amino-alcohol motifs (C(OH)–C–C–N with tert-alkyl or cyclic N) is 1. The minimum atomic E-state index is -0.710. The van der Waals surface area contributed by atoms with Crippen LogP contribution in [0.3, 0.4) is 0 Å². The van der Waals surface area contributed by atoms with Gasteiger partial charge in [-0.1, -0.05) is 19.1 Å². The Morgan fingerprint density at radius 1 is 1.50 bits per heavy atom. The number of benzene rings is 1. The summed E-state index contributed by atoms with van der Waals surface area (Å²) >= 11 is 1.19. The highest BCUT2D eigenvalue weighted by Gasteiger charge is 2.41. The van der Waals surface area contributed by atoms with Crippen LogP contribution in [0.2, 0.25) is 0 Å². The normalized spacial score (nSPS) is 17.4. The number of halogens is 1. The predicted molar refractivity (Wildman–Crippen MR) is 68.9 cm³/mol. The fourth-order valence-electron chi connectivity index (χ4n) is 1.86. The van der Waals surface area contributed by atoms with Crippen molar-refractivity contribution in [2.75, 3.05) is 18.8 Å². The van der Waals surface area contributed by atoms with Gasteiger partial charge in [0.1, 0.15) is 5.82 Å². The average molecular weight is 269 g/mol. The van der Waals surface area contributed by atoms with Crippen molar-refractivity contribution in [3.05, 3.63) is 30.1 Å². The maximum Gasteiger partial charge on any atom is 0.233 e. The van der Waals surface area contributed by atoms with Gasteiger partial charge in [0.05, 0.1) is 24.4 Å². The molecule has 0 unspecified atom stereocenters. The Morgan fingerprint density at radius 2 is 2.17 bits per heavy atom. The molecule has 0 aromatic heterocycles. The van der Waals surface area contributed by atoms with Crippen LogP contribution in [0.25, 0.3) is 0 Å². The Kier molecular flexibility index (Phi) is 3.92. The molecule has 5 heteroatoms. The average Bonchev–Trinajstić information content (AvgIpc) is 2.33. The maximum atomic E-state index is 13.3. The van der Waals surface area contributed by atoms with Crippen LogP contribution in [-0.2, 0) is 4.79 Å². The van der Waals surface area contributed by atoms with Crippen molar-refractivity contribution in [1.82, 2.24) is 4.90 Å². The number of amides is 1. The number of aliphatic hydroxyl groups is 1. The molecule has 1 N–H and O–H groups in total. The van der Waals surface area contributed by atoms with Crippen LogP contribution in [0, 0.1) is 5.82 Å². The lowest BCUT2D eigenvalue weighted by Gasteiger charge is -2.46. The van der Waals surface area contributed by atoms with Crippen molar-refractivity contribution in [1.29, 1.82) is 0 Å². The van der Waals surface area contributed by atoms with Crippen molar-refractivity contribution >= 4 is 17.7 Å². The van der Waals surface area contributed by atoms with E-state index in [0.717, 1.165) is 0 Å². The first kappa shape index (κ1) is 13.4. The van der Waals surface area contributed by atoms with E-state index in [4.69, 9.17) is 0 Å². The highest BCUT2D eigenvalue weighted by molar-refractivity contribution is 8.00. The summed E-state index contributed by atoms with van der Waals surface area (Å²) in [5, 5.41) is 9.81. The van der Waals surface area contributed by atoms with Gasteiger partial charge in [0.2, 0.25) is 5.91 Å². The zero-order valence-electron chi connectivity index (χ0n) is 10.2. The third kappa shape index (κ3) is 2.84. The van der Waals surface area contributed by atoms with E-state index in [1.54, 1.807) is 23.1 Å². The van der Waals surface area contributed by atoms with Crippen molar-refractivity contribution < 1.29 is 14.3 Å². The first-order valence-corrected chi connectivity index (χ1v) is 6.90. The molecule has 0 spiro atoms. The molecule has 0 aliphatic carbocycles. The fraction of sp³-hybridized carbons (Fsp3) is 0.462. The summed E-state index contributed by atoms with van der Waals surface area (Å²) in [7, 11) is 0. The van der Waals surface area contributed by atoms with Crippen LogP contribution >= 0.6 is 11.8 Å². The Bertz CT molecular complexity index is 446. The van der Waals surface area contributed by atoms with Gasteiger partial charge in [-0.25, -0.2) is 4.39 Å². The van der Waals surface area contributed by atoms with Crippen molar-refractivity contribution in [2.24, 2.45) is 0 Å². The molecule has 1 amide bonds. The van der Waals surface area contributed by atoms with E-state index in [1.165, 1.54) is 17.8 Å². The lowest BCUT2D eigenvalue weighted by molar-refractivity contribution is -0.152. The quantitative estimate of drug-likeness (QED) is 0.849. The molecule has 0 radical (unpaired) electrons. The lowest BCUT2D eigenvalue weighted by atomic mass is 9.91. The van der Waals surface area contributed by atoms with Gasteiger partial charge in [-0.3, -0.25) is 4.79 Å². The number of hydrogen-bond donors (Lipinski definition) is 1. The van der Waals surface area contributed by atoms with E-state index < -0.39 is 5.60 Å². The second-order valence-electron chi connectivity index (χ2n) is 4.55. The smallest absolute Gasteiger partial charge is 0.233 e. The molecule has 0 atom stereocenters. The molecule has 1 aliphatic rings. The Morgan fingerprint density at radius 3 is 2.78 bits per heavy atom. The third-order valence-electron chi connectivity index (χ3n) is 3.17. The molecule has 1 fully saturated rings. The molecule has 1 aromatic rings. The Hall–Kier alpha value is -1.07. The number of carbonyl (C=O) groups is 1. The third-order valence-corrected chi connectivity index (χ3v) is 4.20. The zero-order chi connectivity index (χ0) is 13.2. The first-order valence-electron chi connectivity index (χ1n) is 5.91. The summed E-state index contributed by atoms with van der Waals surface area (Å²) in [5.41, 5.74) is -0.710. The monoisotopic (exact) mass is 269 g/mol. The molecule has 1 aliphatic heterocycles. The molecule has 0 saturated carbocycles. The molecule has 98 valence electrons. The summed E-state index contributed by atoms with van der Waals surface area (Å²) in [4.78, 5) is 13.9. The fourth-order valence-corrected chi connectivity index (χ4v) is 2.70. The van der Waals surface area contributed by atoms with E-state index in [-0.39, 0.29) is 17.5 Å². The Balaban J connectivity index is 1.82. The topological polar surface area (TPSA) is 40.5 Å². The van der Waals surface area contributed by atoms with Crippen LogP contribution in [0.4, 0.5) is 4.39 Å². The van der Waals surface area contributed by atoms with Gasteiger partial charge in [-0.2, -0.15) is 0 Å². The van der Waals surface area contributed by atoms with Gasteiger partial charge >= 0.3 is 0 Å². The van der Waals surface area contributed by atoms with Crippen molar-refractivity contribution in [3.63, 3.8) is 0 Å². The standard InChI is InChI=1S/C13H16FNO2S/c1-2-13(17)8-15(9-13)12(16)7-18-11-6-4-3-5-10(11)14/h3-6,17H,2,7-9H2,1H3. The molecule has 1 saturated heterocycles. The predicted octanol–water partition coefficient (Wildman–Crippen LogP) is 1.90. The van der Waals surface area contributed by atoms with Crippen LogP contribution in [0.1, 0.15) is 13.3 Å². The minimum absolute atomic E-state index is 0.0543. The van der Waals surface area contributed by atoms with Gasteiger partial charge in [-0.15, -0.1) is 11.8 Å². The van der Waals surface area contributed by atoms with Crippen LogP contribution in [0.15, 0.2) is 29.2 Å². The second-order valence-corrected chi connectivity index (χ2v) is 5.56. The second kappa shape index (κ2) is 5.28.